The molecule has 2 fully saturated rings. The van der Waals surface area contributed by atoms with Crippen LogP contribution in [-0.4, -0.2) is 18.2 Å². The Bertz CT molecular complexity index is 251. The standard InChI is InChI=1S/C14H28N2O/c1-4-17-14(12(16-15)11-5-6-11)9-7-13(2,3)8-10-14/h11-12,16H,4-10,15H2,1-3H3. The molecule has 3 heteroatoms. The summed E-state index contributed by atoms with van der Waals surface area (Å²) in [4.78, 5) is 0. The molecule has 17 heavy (non-hydrogen) atoms. The Kier molecular flexibility index (Phi) is 3.81. The molecule has 0 bridgehead atoms. The molecule has 0 aromatic heterocycles. The lowest BCUT2D eigenvalue weighted by Crippen LogP contribution is -2.58. The third-order valence-corrected chi connectivity index (χ3v) is 4.72. The fourth-order valence-corrected chi connectivity index (χ4v) is 3.33. The summed E-state index contributed by atoms with van der Waals surface area (Å²) in [6.07, 6.45) is 7.42. The smallest absolute Gasteiger partial charge is 0.0851 e. The third-order valence-electron chi connectivity index (χ3n) is 4.72. The lowest BCUT2D eigenvalue weighted by Gasteiger charge is -2.47. The molecule has 1 unspecified atom stereocenters. The van der Waals surface area contributed by atoms with Gasteiger partial charge in [-0.1, -0.05) is 13.8 Å². The summed E-state index contributed by atoms with van der Waals surface area (Å²) in [7, 11) is 0. The first kappa shape index (κ1) is 13.3. The van der Waals surface area contributed by atoms with Crippen molar-refractivity contribution in [3.05, 3.63) is 0 Å². The molecule has 0 amide bonds. The maximum atomic E-state index is 6.18. The van der Waals surface area contributed by atoms with E-state index in [9.17, 15) is 0 Å². The van der Waals surface area contributed by atoms with Gasteiger partial charge in [0.1, 0.15) is 0 Å². The molecule has 0 heterocycles. The molecule has 0 radical (unpaired) electrons. The van der Waals surface area contributed by atoms with Gasteiger partial charge in [0.05, 0.1) is 11.6 Å². The Labute approximate surface area is 105 Å². The van der Waals surface area contributed by atoms with Gasteiger partial charge in [0.25, 0.3) is 0 Å². The van der Waals surface area contributed by atoms with Crippen molar-refractivity contribution in [2.75, 3.05) is 6.61 Å². The average molecular weight is 240 g/mol. The highest BCUT2D eigenvalue weighted by Crippen LogP contribution is 2.48. The number of nitrogens with two attached hydrogens (primary N) is 1. The van der Waals surface area contributed by atoms with Gasteiger partial charge in [0.2, 0.25) is 0 Å². The Hall–Kier alpha value is -0.120. The molecule has 2 aliphatic carbocycles. The van der Waals surface area contributed by atoms with Crippen LogP contribution in [0.25, 0.3) is 0 Å². The van der Waals surface area contributed by atoms with E-state index in [0.717, 1.165) is 25.4 Å². The molecule has 100 valence electrons. The van der Waals surface area contributed by atoms with E-state index in [2.05, 4.69) is 26.2 Å². The molecular weight excluding hydrogens is 212 g/mol. The van der Waals surface area contributed by atoms with E-state index in [-0.39, 0.29) is 5.60 Å². The molecular formula is C14H28N2O. The minimum Gasteiger partial charge on any atom is -0.374 e. The van der Waals surface area contributed by atoms with Gasteiger partial charge in [-0.3, -0.25) is 11.3 Å². The van der Waals surface area contributed by atoms with Crippen molar-refractivity contribution in [3.63, 3.8) is 0 Å². The van der Waals surface area contributed by atoms with Crippen LogP contribution in [0.1, 0.15) is 59.3 Å². The highest BCUT2D eigenvalue weighted by Gasteiger charge is 2.49. The van der Waals surface area contributed by atoms with E-state index in [1.165, 1.54) is 25.7 Å². The number of hydrazine groups is 1. The summed E-state index contributed by atoms with van der Waals surface area (Å²) in [6.45, 7) is 7.63. The van der Waals surface area contributed by atoms with E-state index >= 15 is 0 Å². The van der Waals surface area contributed by atoms with Gasteiger partial charge in [-0.2, -0.15) is 0 Å². The number of hydrogen-bond acceptors (Lipinski definition) is 3. The summed E-state index contributed by atoms with van der Waals surface area (Å²) in [6, 6.07) is 0.360. The van der Waals surface area contributed by atoms with Crippen LogP contribution in [0.5, 0.6) is 0 Å². The summed E-state index contributed by atoms with van der Waals surface area (Å²) < 4.78 is 6.18. The first-order chi connectivity index (χ1) is 8.03. The van der Waals surface area contributed by atoms with E-state index < -0.39 is 0 Å². The Morgan fingerprint density at radius 3 is 2.24 bits per heavy atom. The van der Waals surface area contributed by atoms with Crippen molar-refractivity contribution >= 4 is 0 Å². The minimum absolute atomic E-state index is 0.000185. The fraction of sp³-hybridized carbons (Fsp3) is 1.00. The molecule has 2 rings (SSSR count). The monoisotopic (exact) mass is 240 g/mol. The molecule has 2 saturated carbocycles. The van der Waals surface area contributed by atoms with Crippen LogP contribution in [0.15, 0.2) is 0 Å². The minimum atomic E-state index is 0.000185. The average Bonchev–Trinajstić information content (AvgIpc) is 3.08. The molecule has 0 aromatic carbocycles. The van der Waals surface area contributed by atoms with Gasteiger partial charge in [-0.25, -0.2) is 0 Å². The fourth-order valence-electron chi connectivity index (χ4n) is 3.33. The predicted molar refractivity (Wildman–Crippen MR) is 70.4 cm³/mol. The van der Waals surface area contributed by atoms with E-state index in [1.54, 1.807) is 0 Å². The molecule has 3 N–H and O–H groups in total. The van der Waals surface area contributed by atoms with Gasteiger partial charge in [0.15, 0.2) is 0 Å². The predicted octanol–water partition coefficient (Wildman–Crippen LogP) is 2.60. The summed E-state index contributed by atoms with van der Waals surface area (Å²) in [5.41, 5.74) is 3.54. The van der Waals surface area contributed by atoms with Crippen LogP contribution < -0.4 is 11.3 Å². The van der Waals surface area contributed by atoms with Crippen molar-refractivity contribution < 1.29 is 4.74 Å². The number of rotatable bonds is 5. The van der Waals surface area contributed by atoms with Gasteiger partial charge in [-0.15, -0.1) is 0 Å². The number of nitrogens with one attached hydrogen (secondary N) is 1. The van der Waals surface area contributed by atoms with Gasteiger partial charge < -0.3 is 4.74 Å². The van der Waals surface area contributed by atoms with Gasteiger partial charge in [0, 0.05) is 6.61 Å². The quantitative estimate of drug-likeness (QED) is 0.573. The highest BCUT2D eigenvalue weighted by molar-refractivity contribution is 5.03. The van der Waals surface area contributed by atoms with Crippen LogP contribution in [-0.2, 0) is 4.74 Å². The van der Waals surface area contributed by atoms with Crippen molar-refractivity contribution in [1.29, 1.82) is 0 Å². The van der Waals surface area contributed by atoms with Gasteiger partial charge in [-0.05, 0) is 56.8 Å². The number of ether oxygens (including phenoxy) is 1. The zero-order valence-corrected chi connectivity index (χ0v) is 11.6. The Morgan fingerprint density at radius 1 is 1.24 bits per heavy atom. The summed E-state index contributed by atoms with van der Waals surface area (Å²) in [5, 5.41) is 0. The second kappa shape index (κ2) is 4.87. The van der Waals surface area contributed by atoms with Crippen LogP contribution in [0.3, 0.4) is 0 Å². The molecule has 0 aliphatic heterocycles. The maximum Gasteiger partial charge on any atom is 0.0851 e. The van der Waals surface area contributed by atoms with Crippen LogP contribution in [0, 0.1) is 11.3 Å². The summed E-state index contributed by atoms with van der Waals surface area (Å²) in [5.74, 6) is 6.54. The Balaban J connectivity index is 2.09. The number of hydrogen-bond donors (Lipinski definition) is 2. The van der Waals surface area contributed by atoms with Crippen LogP contribution in [0.2, 0.25) is 0 Å². The molecule has 0 aromatic rings. The van der Waals surface area contributed by atoms with Crippen molar-refractivity contribution in [1.82, 2.24) is 5.43 Å². The van der Waals surface area contributed by atoms with Crippen LogP contribution >= 0.6 is 0 Å². The first-order valence-corrected chi connectivity index (χ1v) is 7.13. The van der Waals surface area contributed by atoms with Crippen molar-refractivity contribution in [2.45, 2.75) is 70.9 Å². The molecule has 0 spiro atoms. The lowest BCUT2D eigenvalue weighted by atomic mass is 9.67. The van der Waals surface area contributed by atoms with Crippen molar-refractivity contribution in [2.24, 2.45) is 17.2 Å². The molecule has 3 nitrogen and oxygen atoms in total. The first-order valence-electron chi connectivity index (χ1n) is 7.13. The second-order valence-corrected chi connectivity index (χ2v) is 6.64. The Morgan fingerprint density at radius 2 is 1.82 bits per heavy atom. The lowest BCUT2D eigenvalue weighted by molar-refractivity contribution is -0.110. The third kappa shape index (κ3) is 2.83. The highest BCUT2D eigenvalue weighted by atomic mass is 16.5. The van der Waals surface area contributed by atoms with E-state index in [4.69, 9.17) is 10.6 Å². The largest absolute Gasteiger partial charge is 0.374 e. The zero-order chi connectivity index (χ0) is 12.5. The van der Waals surface area contributed by atoms with Crippen LogP contribution in [0.4, 0.5) is 0 Å². The van der Waals surface area contributed by atoms with Crippen molar-refractivity contribution in [3.8, 4) is 0 Å². The zero-order valence-electron chi connectivity index (χ0n) is 11.6. The second-order valence-electron chi connectivity index (χ2n) is 6.64. The summed E-state index contributed by atoms with van der Waals surface area (Å²) >= 11 is 0. The molecule has 2 aliphatic rings. The van der Waals surface area contributed by atoms with Gasteiger partial charge >= 0.3 is 0 Å². The maximum absolute atomic E-state index is 6.18. The SMILES string of the molecule is CCOC1(C(NN)C2CC2)CCC(C)(C)CC1. The molecule has 0 saturated heterocycles. The van der Waals surface area contributed by atoms with E-state index in [1.807, 2.05) is 0 Å². The topological polar surface area (TPSA) is 47.3 Å². The normalized spacial score (nSPS) is 28.9. The van der Waals surface area contributed by atoms with E-state index in [0.29, 0.717) is 11.5 Å². The molecule has 1 atom stereocenters.